The average Bonchev–Trinajstić information content (AvgIpc) is 2.38. The molecule has 0 N–H and O–H groups in total. The van der Waals surface area contributed by atoms with Gasteiger partial charge in [-0.05, 0) is 24.8 Å². The van der Waals surface area contributed by atoms with Gasteiger partial charge in [0, 0.05) is 0 Å². The van der Waals surface area contributed by atoms with Crippen molar-refractivity contribution in [2.24, 2.45) is 5.92 Å². The molecule has 16 heavy (non-hydrogen) atoms. The number of hydrogen-bond donors (Lipinski definition) is 0. The van der Waals surface area contributed by atoms with Crippen molar-refractivity contribution in [3.63, 3.8) is 0 Å². The Labute approximate surface area is 95.9 Å². The predicted molar refractivity (Wildman–Crippen MR) is 62.7 cm³/mol. The molecule has 0 spiro atoms. The lowest BCUT2D eigenvalue weighted by Gasteiger charge is -2.16. The van der Waals surface area contributed by atoms with Crippen LogP contribution in [-0.4, -0.2) is 5.97 Å². The first kappa shape index (κ1) is 10.9. The van der Waals surface area contributed by atoms with Crippen molar-refractivity contribution in [2.75, 3.05) is 0 Å². The Morgan fingerprint density at radius 3 is 2.75 bits per heavy atom. The minimum Gasteiger partial charge on any atom is -0.461 e. The Balaban J connectivity index is 1.82. The second-order valence-electron chi connectivity index (χ2n) is 4.07. The summed E-state index contributed by atoms with van der Waals surface area (Å²) in [7, 11) is 0. The van der Waals surface area contributed by atoms with Gasteiger partial charge in [0.25, 0.3) is 0 Å². The van der Waals surface area contributed by atoms with E-state index in [-0.39, 0.29) is 11.9 Å². The van der Waals surface area contributed by atoms with Crippen molar-refractivity contribution in [1.82, 2.24) is 0 Å². The smallest absolute Gasteiger partial charge is 0.309 e. The van der Waals surface area contributed by atoms with Crippen LogP contribution in [0.3, 0.4) is 0 Å². The molecule has 0 unspecified atom stereocenters. The molecule has 0 bridgehead atoms. The summed E-state index contributed by atoms with van der Waals surface area (Å²) >= 11 is 0. The molecule has 1 aromatic rings. The number of allylic oxidation sites excluding steroid dienone is 2. The third kappa shape index (κ3) is 2.96. The highest BCUT2D eigenvalue weighted by Gasteiger charge is 2.19. The molecule has 84 valence electrons. The van der Waals surface area contributed by atoms with Crippen LogP contribution >= 0.6 is 0 Å². The van der Waals surface area contributed by atoms with Gasteiger partial charge in [0.05, 0.1) is 5.92 Å². The lowest BCUT2D eigenvalue weighted by atomic mass is 9.95. The zero-order valence-corrected chi connectivity index (χ0v) is 9.26. The van der Waals surface area contributed by atoms with Gasteiger partial charge in [-0.3, -0.25) is 4.79 Å². The molecule has 0 aromatic heterocycles. The van der Waals surface area contributed by atoms with Gasteiger partial charge >= 0.3 is 5.97 Å². The first-order valence-corrected chi connectivity index (χ1v) is 5.72. The molecule has 1 atom stereocenters. The Bertz CT molecular complexity index is 368. The molecule has 0 heterocycles. The average molecular weight is 216 g/mol. The van der Waals surface area contributed by atoms with Crippen LogP contribution in [0.4, 0.5) is 0 Å². The summed E-state index contributed by atoms with van der Waals surface area (Å²) in [6.07, 6.45) is 6.93. The van der Waals surface area contributed by atoms with E-state index in [2.05, 4.69) is 12.2 Å². The highest BCUT2D eigenvalue weighted by molar-refractivity contribution is 5.72. The summed E-state index contributed by atoms with van der Waals surface area (Å²) in [6, 6.07) is 9.79. The molecule has 0 radical (unpaired) electrons. The molecule has 1 aliphatic rings. The molecule has 1 aliphatic carbocycles. The highest BCUT2D eigenvalue weighted by atomic mass is 16.5. The van der Waals surface area contributed by atoms with Gasteiger partial charge in [-0.1, -0.05) is 42.5 Å². The molecular formula is C14H16O2. The lowest BCUT2D eigenvalue weighted by molar-refractivity contribution is -0.150. The van der Waals surface area contributed by atoms with Gasteiger partial charge < -0.3 is 4.74 Å². The monoisotopic (exact) mass is 216 g/mol. The van der Waals surface area contributed by atoms with E-state index in [9.17, 15) is 4.79 Å². The third-order valence-electron chi connectivity index (χ3n) is 2.83. The molecule has 0 aliphatic heterocycles. The lowest BCUT2D eigenvalue weighted by Crippen LogP contribution is -2.18. The number of benzene rings is 1. The number of carbonyl (C=O) groups excluding carboxylic acids is 1. The summed E-state index contributed by atoms with van der Waals surface area (Å²) in [4.78, 5) is 11.7. The van der Waals surface area contributed by atoms with Crippen LogP contribution in [0.25, 0.3) is 0 Å². The molecule has 2 rings (SSSR count). The summed E-state index contributed by atoms with van der Waals surface area (Å²) in [5.41, 5.74) is 1.04. The van der Waals surface area contributed by atoms with Crippen LogP contribution in [0.5, 0.6) is 0 Å². The van der Waals surface area contributed by atoms with Crippen LogP contribution in [0.1, 0.15) is 24.8 Å². The largest absolute Gasteiger partial charge is 0.461 e. The quantitative estimate of drug-likeness (QED) is 0.573. The minimum atomic E-state index is -0.0618. The zero-order chi connectivity index (χ0) is 11.2. The number of hydrogen-bond acceptors (Lipinski definition) is 2. The first-order valence-electron chi connectivity index (χ1n) is 5.72. The molecule has 0 fully saturated rings. The van der Waals surface area contributed by atoms with E-state index in [1.54, 1.807) is 0 Å². The predicted octanol–water partition coefficient (Wildman–Crippen LogP) is 3.09. The number of esters is 1. The van der Waals surface area contributed by atoms with Crippen molar-refractivity contribution in [3.05, 3.63) is 48.0 Å². The maximum absolute atomic E-state index is 11.7. The standard InChI is InChI=1S/C14H16O2/c15-14(13-9-5-2-6-10-13)16-11-12-7-3-1-4-8-12/h1-5,7-8,13H,6,9-11H2/t13-/m0/s1. The third-order valence-corrected chi connectivity index (χ3v) is 2.83. The Morgan fingerprint density at radius 1 is 1.25 bits per heavy atom. The van der Waals surface area contributed by atoms with Crippen LogP contribution in [0.15, 0.2) is 42.5 Å². The van der Waals surface area contributed by atoms with E-state index in [1.165, 1.54) is 0 Å². The molecule has 1 aromatic carbocycles. The Morgan fingerprint density at radius 2 is 2.06 bits per heavy atom. The number of ether oxygens (including phenoxy) is 1. The van der Waals surface area contributed by atoms with Gasteiger partial charge in [0.15, 0.2) is 0 Å². The Kier molecular flexibility index (Phi) is 3.76. The van der Waals surface area contributed by atoms with Gasteiger partial charge in [-0.25, -0.2) is 0 Å². The van der Waals surface area contributed by atoms with Gasteiger partial charge in [0.1, 0.15) is 6.61 Å². The Hall–Kier alpha value is -1.57. The zero-order valence-electron chi connectivity index (χ0n) is 9.26. The molecule has 0 saturated carbocycles. The van der Waals surface area contributed by atoms with E-state index < -0.39 is 0 Å². The summed E-state index contributed by atoms with van der Waals surface area (Å²) < 4.78 is 5.29. The van der Waals surface area contributed by atoms with Crippen molar-refractivity contribution in [1.29, 1.82) is 0 Å². The van der Waals surface area contributed by atoms with E-state index in [1.807, 2.05) is 30.3 Å². The van der Waals surface area contributed by atoms with Gasteiger partial charge in [0.2, 0.25) is 0 Å². The molecular weight excluding hydrogens is 200 g/mol. The topological polar surface area (TPSA) is 26.3 Å². The highest BCUT2D eigenvalue weighted by Crippen LogP contribution is 2.19. The fourth-order valence-corrected chi connectivity index (χ4v) is 1.85. The SMILES string of the molecule is O=C(OCc1ccccc1)[C@H]1CC=CCC1. The fourth-order valence-electron chi connectivity index (χ4n) is 1.85. The number of carbonyl (C=O) groups is 1. The molecule has 2 heteroatoms. The number of rotatable bonds is 3. The van der Waals surface area contributed by atoms with Crippen molar-refractivity contribution in [3.8, 4) is 0 Å². The van der Waals surface area contributed by atoms with Gasteiger partial charge in [-0.15, -0.1) is 0 Å². The summed E-state index contributed by atoms with van der Waals surface area (Å²) in [5, 5.41) is 0. The second-order valence-corrected chi connectivity index (χ2v) is 4.07. The molecule has 0 amide bonds. The van der Waals surface area contributed by atoms with Crippen molar-refractivity contribution >= 4 is 5.97 Å². The normalized spacial score (nSPS) is 19.4. The fraction of sp³-hybridized carbons (Fsp3) is 0.357. The molecule has 2 nitrogen and oxygen atoms in total. The minimum absolute atomic E-state index is 0.0618. The van der Waals surface area contributed by atoms with Crippen LogP contribution in [-0.2, 0) is 16.1 Å². The van der Waals surface area contributed by atoms with E-state index in [0.717, 1.165) is 24.8 Å². The van der Waals surface area contributed by atoms with Crippen LogP contribution in [0.2, 0.25) is 0 Å². The van der Waals surface area contributed by atoms with Crippen molar-refractivity contribution in [2.45, 2.75) is 25.9 Å². The first-order chi connectivity index (χ1) is 7.86. The van der Waals surface area contributed by atoms with Crippen LogP contribution < -0.4 is 0 Å². The summed E-state index contributed by atoms with van der Waals surface area (Å²) in [5.74, 6) is 0.00177. The van der Waals surface area contributed by atoms with E-state index in [0.29, 0.717) is 6.61 Å². The maximum Gasteiger partial charge on any atom is 0.309 e. The van der Waals surface area contributed by atoms with Gasteiger partial charge in [-0.2, -0.15) is 0 Å². The van der Waals surface area contributed by atoms with E-state index in [4.69, 9.17) is 4.74 Å². The maximum atomic E-state index is 11.7. The summed E-state index contributed by atoms with van der Waals surface area (Å²) in [6.45, 7) is 0.389. The van der Waals surface area contributed by atoms with E-state index >= 15 is 0 Å². The molecule has 0 saturated heterocycles. The second kappa shape index (κ2) is 5.50. The van der Waals surface area contributed by atoms with Crippen LogP contribution in [0, 0.1) is 5.92 Å². The van der Waals surface area contributed by atoms with Crippen molar-refractivity contribution < 1.29 is 9.53 Å².